The number of aromatic nitrogens is 1. The van der Waals surface area contributed by atoms with Crippen molar-refractivity contribution in [1.82, 2.24) is 4.57 Å². The van der Waals surface area contributed by atoms with E-state index < -0.39 is 5.97 Å². The normalized spacial score (nSPS) is 10.7. The van der Waals surface area contributed by atoms with Crippen LogP contribution in [0.2, 0.25) is 0 Å². The first-order valence-electron chi connectivity index (χ1n) is 9.39. The SMILES string of the molecule is Cc1ccc(C(=O)c2cccn2CC/C=C/c2cccc(SCC(=O)[O-])c2)cc1.[Na+]. The fourth-order valence-electron chi connectivity index (χ4n) is 2.95. The first kappa shape index (κ1) is 24.2. The molecule has 1 aromatic heterocycles. The molecule has 0 amide bonds. The third-order valence-electron chi connectivity index (χ3n) is 4.44. The van der Waals surface area contributed by atoms with Gasteiger partial charge in [0.1, 0.15) is 0 Å². The number of carboxylic acid groups (broad SMARTS) is 1. The number of hydrogen-bond donors (Lipinski definition) is 0. The third kappa shape index (κ3) is 7.03. The number of ketones is 1. The predicted molar refractivity (Wildman–Crippen MR) is 115 cm³/mol. The Bertz CT molecular complexity index is 1020. The summed E-state index contributed by atoms with van der Waals surface area (Å²) in [5, 5.41) is 10.6. The molecule has 0 unspecified atom stereocenters. The summed E-state index contributed by atoms with van der Waals surface area (Å²) in [4.78, 5) is 24.2. The third-order valence-corrected chi connectivity index (χ3v) is 5.40. The van der Waals surface area contributed by atoms with Gasteiger partial charge in [-0.3, -0.25) is 4.79 Å². The Balaban J connectivity index is 0.00000320. The van der Waals surface area contributed by atoms with Crippen molar-refractivity contribution >= 4 is 29.6 Å². The maximum absolute atomic E-state index is 12.8. The molecule has 30 heavy (non-hydrogen) atoms. The van der Waals surface area contributed by atoms with Gasteiger partial charge in [0.25, 0.3) is 0 Å². The second-order valence-corrected chi connectivity index (χ2v) is 7.75. The molecule has 0 aliphatic carbocycles. The van der Waals surface area contributed by atoms with Crippen LogP contribution in [0.15, 0.2) is 77.8 Å². The Labute approximate surface area is 203 Å². The van der Waals surface area contributed by atoms with Crippen molar-refractivity contribution in [3.63, 3.8) is 0 Å². The van der Waals surface area contributed by atoms with E-state index in [1.165, 1.54) is 11.8 Å². The smallest absolute Gasteiger partial charge is 0.549 e. The molecule has 2 aromatic carbocycles. The molecule has 0 bridgehead atoms. The van der Waals surface area contributed by atoms with Crippen LogP contribution in [-0.4, -0.2) is 22.1 Å². The number of benzene rings is 2. The Morgan fingerprint density at radius 2 is 1.83 bits per heavy atom. The van der Waals surface area contributed by atoms with Crippen LogP contribution in [0.5, 0.6) is 0 Å². The van der Waals surface area contributed by atoms with E-state index in [4.69, 9.17) is 0 Å². The van der Waals surface area contributed by atoms with Crippen LogP contribution in [0.3, 0.4) is 0 Å². The Kier molecular flexibility index (Phi) is 9.66. The van der Waals surface area contributed by atoms with Crippen LogP contribution in [0.25, 0.3) is 6.08 Å². The number of thioether (sulfide) groups is 1. The molecule has 0 aliphatic heterocycles. The quantitative estimate of drug-likeness (QED) is 0.290. The molecule has 4 nitrogen and oxygen atoms in total. The summed E-state index contributed by atoms with van der Waals surface area (Å²) in [5.74, 6) is -1.10. The van der Waals surface area contributed by atoms with Crippen LogP contribution in [0.4, 0.5) is 0 Å². The molecule has 1 heterocycles. The van der Waals surface area contributed by atoms with Gasteiger partial charge in [-0.05, 0) is 43.2 Å². The first-order valence-corrected chi connectivity index (χ1v) is 10.4. The second kappa shape index (κ2) is 12.0. The average Bonchev–Trinajstić information content (AvgIpc) is 3.18. The zero-order valence-electron chi connectivity index (χ0n) is 17.2. The number of nitrogens with zero attached hydrogens (tertiary/aromatic N) is 1. The Morgan fingerprint density at radius 3 is 2.57 bits per heavy atom. The molecule has 0 saturated heterocycles. The van der Waals surface area contributed by atoms with Gasteiger partial charge in [0, 0.05) is 29.0 Å². The molecule has 0 radical (unpaired) electrons. The van der Waals surface area contributed by atoms with E-state index in [2.05, 4.69) is 6.08 Å². The van der Waals surface area contributed by atoms with Gasteiger partial charge in [-0.1, -0.05) is 54.1 Å². The van der Waals surface area contributed by atoms with Crippen LogP contribution in [-0.2, 0) is 11.3 Å². The van der Waals surface area contributed by atoms with Crippen molar-refractivity contribution in [2.75, 3.05) is 5.75 Å². The molecule has 3 aromatic rings. The summed E-state index contributed by atoms with van der Waals surface area (Å²) in [6.07, 6.45) is 6.77. The second-order valence-electron chi connectivity index (χ2n) is 6.71. The van der Waals surface area contributed by atoms with Crippen molar-refractivity contribution < 1.29 is 44.3 Å². The van der Waals surface area contributed by atoms with Gasteiger partial charge in [-0.25, -0.2) is 0 Å². The number of aryl methyl sites for hydroxylation is 2. The number of allylic oxidation sites excluding steroid dienone is 1. The van der Waals surface area contributed by atoms with E-state index in [1.54, 1.807) is 0 Å². The maximum atomic E-state index is 12.8. The van der Waals surface area contributed by atoms with Gasteiger partial charge in [-0.15, -0.1) is 11.8 Å². The largest absolute Gasteiger partial charge is 1.00 e. The summed E-state index contributed by atoms with van der Waals surface area (Å²) in [6, 6.07) is 19.1. The number of aliphatic carboxylic acids is 1. The van der Waals surface area contributed by atoms with Crippen LogP contribution in [0.1, 0.15) is 33.6 Å². The predicted octanol–water partition coefficient (Wildman–Crippen LogP) is 0.977. The van der Waals surface area contributed by atoms with Gasteiger partial charge in [0.05, 0.1) is 11.7 Å². The molecule has 0 N–H and O–H groups in total. The number of carboxylic acids is 1. The van der Waals surface area contributed by atoms with E-state index in [1.807, 2.05) is 84.4 Å². The van der Waals surface area contributed by atoms with E-state index >= 15 is 0 Å². The fourth-order valence-corrected chi connectivity index (χ4v) is 3.63. The van der Waals surface area contributed by atoms with E-state index in [0.717, 1.165) is 22.4 Å². The van der Waals surface area contributed by atoms with E-state index in [-0.39, 0.29) is 41.1 Å². The molecule has 0 fully saturated rings. The van der Waals surface area contributed by atoms with Gasteiger partial charge in [-0.2, -0.15) is 0 Å². The molecule has 148 valence electrons. The van der Waals surface area contributed by atoms with Crippen molar-refractivity contribution in [3.8, 4) is 0 Å². The summed E-state index contributed by atoms with van der Waals surface area (Å²) in [5.41, 5.74) is 3.51. The molecular weight excluding hydrogens is 405 g/mol. The van der Waals surface area contributed by atoms with Crippen molar-refractivity contribution in [1.29, 1.82) is 0 Å². The van der Waals surface area contributed by atoms with E-state index in [9.17, 15) is 14.7 Å². The van der Waals surface area contributed by atoms with Crippen molar-refractivity contribution in [2.24, 2.45) is 0 Å². The van der Waals surface area contributed by atoms with E-state index in [0.29, 0.717) is 17.8 Å². The molecule has 0 atom stereocenters. The summed E-state index contributed by atoms with van der Waals surface area (Å²) in [7, 11) is 0. The van der Waals surface area contributed by atoms with Gasteiger partial charge < -0.3 is 14.5 Å². The zero-order chi connectivity index (χ0) is 20.6. The number of hydrogen-bond acceptors (Lipinski definition) is 4. The minimum atomic E-state index is -1.07. The molecule has 3 rings (SSSR count). The van der Waals surface area contributed by atoms with Crippen LogP contribution < -0.4 is 34.7 Å². The standard InChI is InChI=1S/C24H23NO3S.Na/c1-18-10-12-20(13-11-18)24(28)22-9-5-15-25(22)14-3-2-6-19-7-4-8-21(16-19)29-17-23(26)27;/h2,4-13,15-16H,3,14,17H2,1H3,(H,26,27);/q;+1/p-1/b6-2+;. The summed E-state index contributed by atoms with van der Waals surface area (Å²) < 4.78 is 1.97. The van der Waals surface area contributed by atoms with Gasteiger partial charge >= 0.3 is 29.6 Å². The van der Waals surface area contributed by atoms with Crippen LogP contribution in [0, 0.1) is 6.92 Å². The molecule has 0 spiro atoms. The Morgan fingerprint density at radius 1 is 1.07 bits per heavy atom. The Hall–Kier alpha value is -2.05. The zero-order valence-corrected chi connectivity index (χ0v) is 20.0. The number of carbonyl (C=O) groups excluding carboxylic acids is 2. The fraction of sp³-hybridized carbons (Fsp3) is 0.167. The maximum Gasteiger partial charge on any atom is 1.00 e. The van der Waals surface area contributed by atoms with Crippen LogP contribution >= 0.6 is 11.8 Å². The number of carbonyl (C=O) groups is 2. The minimum Gasteiger partial charge on any atom is -0.549 e. The van der Waals surface area contributed by atoms with Crippen molar-refractivity contribution in [2.45, 2.75) is 24.8 Å². The number of rotatable bonds is 9. The van der Waals surface area contributed by atoms with Gasteiger partial charge in [0.15, 0.2) is 0 Å². The molecule has 6 heteroatoms. The first-order chi connectivity index (χ1) is 14.0. The average molecular weight is 428 g/mol. The van der Waals surface area contributed by atoms with Gasteiger partial charge in [0.2, 0.25) is 5.78 Å². The molecular formula is C24H22NNaO3S. The summed E-state index contributed by atoms with van der Waals surface area (Å²) >= 11 is 1.25. The molecule has 0 saturated carbocycles. The van der Waals surface area contributed by atoms with Crippen molar-refractivity contribution in [3.05, 3.63) is 95.3 Å². The molecule has 0 aliphatic rings. The monoisotopic (exact) mass is 427 g/mol. The summed E-state index contributed by atoms with van der Waals surface area (Å²) in [6.45, 7) is 2.70. The minimum absolute atomic E-state index is 0. The topological polar surface area (TPSA) is 62.1 Å².